The number of aliphatic hydroxyl groups is 1. The molecule has 0 aliphatic rings. The number of carbonyl (C=O) groups excluding carboxylic acids is 3. The van der Waals surface area contributed by atoms with E-state index in [4.69, 9.17) is 5.73 Å². The number of thioether (sulfide) groups is 1. The number of para-hydroxylation sites is 1. The minimum absolute atomic E-state index is 0.0222. The van der Waals surface area contributed by atoms with Crippen molar-refractivity contribution >= 4 is 46.4 Å². The van der Waals surface area contributed by atoms with E-state index in [1.54, 1.807) is 18.3 Å². The summed E-state index contributed by atoms with van der Waals surface area (Å²) in [6, 6.07) is 8.64. The van der Waals surface area contributed by atoms with Crippen LogP contribution in [0.1, 0.15) is 17.5 Å². The lowest BCUT2D eigenvalue weighted by atomic mass is 10.0. The molecule has 4 atom stereocenters. The maximum atomic E-state index is 13.1. The Morgan fingerprint density at radius 2 is 1.54 bits per heavy atom. The van der Waals surface area contributed by atoms with Crippen molar-refractivity contribution in [2.45, 2.75) is 43.4 Å². The minimum Gasteiger partial charge on any atom is -0.508 e. The molecule has 3 amide bonds. The summed E-state index contributed by atoms with van der Waals surface area (Å²) in [5, 5.41) is 37.3. The number of rotatable bonds is 15. The molecule has 13 heteroatoms. The number of nitrogens with two attached hydrogens (primary N) is 1. The molecule has 0 fully saturated rings. The van der Waals surface area contributed by atoms with Gasteiger partial charge in [0.05, 0.1) is 12.6 Å². The highest BCUT2D eigenvalue weighted by Gasteiger charge is 2.30. The molecule has 9 N–H and O–H groups in total. The number of amides is 3. The van der Waals surface area contributed by atoms with Crippen LogP contribution in [0.4, 0.5) is 0 Å². The normalized spacial score (nSPS) is 14.0. The third-order valence-electron chi connectivity index (χ3n) is 6.50. The Bertz CT molecular complexity index is 1350. The number of hydrogen-bond donors (Lipinski definition) is 8. The van der Waals surface area contributed by atoms with E-state index in [2.05, 4.69) is 20.9 Å². The Kier molecular flexibility index (Phi) is 11.6. The predicted octanol–water partition coefficient (Wildman–Crippen LogP) is 0.270. The van der Waals surface area contributed by atoms with Gasteiger partial charge in [0.1, 0.15) is 23.9 Å². The lowest BCUT2D eigenvalue weighted by Gasteiger charge is -2.24. The van der Waals surface area contributed by atoms with Gasteiger partial charge in [-0.05, 0) is 54.2 Å². The number of aliphatic hydroxyl groups excluding tert-OH is 1. The van der Waals surface area contributed by atoms with E-state index >= 15 is 0 Å². The quantitative estimate of drug-likeness (QED) is 0.123. The van der Waals surface area contributed by atoms with Crippen LogP contribution in [0.5, 0.6) is 5.75 Å². The van der Waals surface area contributed by atoms with Crippen molar-refractivity contribution in [3.8, 4) is 5.75 Å². The van der Waals surface area contributed by atoms with Gasteiger partial charge in [-0.3, -0.25) is 14.4 Å². The molecule has 41 heavy (non-hydrogen) atoms. The molecule has 220 valence electrons. The van der Waals surface area contributed by atoms with Crippen LogP contribution in [0.2, 0.25) is 0 Å². The van der Waals surface area contributed by atoms with Gasteiger partial charge in [0, 0.05) is 23.5 Å². The monoisotopic (exact) mass is 585 g/mol. The Labute approximate surface area is 241 Å². The van der Waals surface area contributed by atoms with Gasteiger partial charge in [-0.1, -0.05) is 30.3 Å². The largest absolute Gasteiger partial charge is 0.508 e. The molecule has 0 saturated heterocycles. The topological polar surface area (TPSA) is 207 Å². The summed E-state index contributed by atoms with van der Waals surface area (Å²) in [7, 11) is 0. The summed E-state index contributed by atoms with van der Waals surface area (Å²) < 4.78 is 0. The number of carbonyl (C=O) groups is 4. The van der Waals surface area contributed by atoms with Gasteiger partial charge < -0.3 is 42.0 Å². The zero-order valence-corrected chi connectivity index (χ0v) is 23.3. The number of carboxylic acid groups (broad SMARTS) is 1. The van der Waals surface area contributed by atoms with E-state index in [-0.39, 0.29) is 25.0 Å². The molecule has 0 aliphatic heterocycles. The van der Waals surface area contributed by atoms with E-state index in [1.807, 2.05) is 30.5 Å². The first kappa shape index (κ1) is 31.5. The van der Waals surface area contributed by atoms with E-state index < -0.39 is 54.5 Å². The van der Waals surface area contributed by atoms with Crippen LogP contribution in [-0.2, 0) is 32.0 Å². The Balaban J connectivity index is 1.63. The SMILES string of the molecule is CSCCC(NC(=O)C(CO)NC(=O)C(N)Cc1c[nH]c2ccccc12)C(=O)NC(Cc1ccc(O)cc1)C(=O)O. The average Bonchev–Trinajstić information content (AvgIpc) is 3.36. The molecule has 4 unspecified atom stereocenters. The molecule has 12 nitrogen and oxygen atoms in total. The number of fused-ring (bicyclic) bond motifs is 1. The van der Waals surface area contributed by atoms with Crippen LogP contribution < -0.4 is 21.7 Å². The second kappa shape index (κ2) is 15.1. The molecule has 0 bridgehead atoms. The minimum atomic E-state index is -1.38. The first-order valence-corrected chi connectivity index (χ1v) is 14.3. The molecule has 2 aromatic carbocycles. The van der Waals surface area contributed by atoms with Crippen molar-refractivity contribution in [3.63, 3.8) is 0 Å². The van der Waals surface area contributed by atoms with E-state index in [1.165, 1.54) is 23.9 Å². The number of hydrogen-bond acceptors (Lipinski definition) is 8. The zero-order chi connectivity index (χ0) is 29.9. The van der Waals surface area contributed by atoms with E-state index in [0.29, 0.717) is 11.3 Å². The lowest BCUT2D eigenvalue weighted by Crippen LogP contribution is -2.58. The van der Waals surface area contributed by atoms with Crippen LogP contribution >= 0.6 is 11.8 Å². The number of H-pyrrole nitrogens is 1. The van der Waals surface area contributed by atoms with Crippen LogP contribution in [0.3, 0.4) is 0 Å². The third-order valence-corrected chi connectivity index (χ3v) is 7.15. The Morgan fingerprint density at radius 3 is 2.20 bits per heavy atom. The molecule has 0 saturated carbocycles. The summed E-state index contributed by atoms with van der Waals surface area (Å²) in [6.45, 7) is -0.743. The second-order valence-electron chi connectivity index (χ2n) is 9.53. The highest BCUT2D eigenvalue weighted by atomic mass is 32.2. The van der Waals surface area contributed by atoms with Gasteiger partial charge in [-0.2, -0.15) is 11.8 Å². The maximum Gasteiger partial charge on any atom is 0.326 e. The average molecular weight is 586 g/mol. The lowest BCUT2D eigenvalue weighted by molar-refractivity contribution is -0.142. The van der Waals surface area contributed by atoms with Crippen molar-refractivity contribution < 1.29 is 34.5 Å². The molecule has 3 aromatic rings. The number of phenols is 1. The smallest absolute Gasteiger partial charge is 0.326 e. The van der Waals surface area contributed by atoms with Crippen LogP contribution in [0.25, 0.3) is 10.9 Å². The van der Waals surface area contributed by atoms with Gasteiger partial charge in [-0.15, -0.1) is 0 Å². The van der Waals surface area contributed by atoms with Crippen LogP contribution in [0.15, 0.2) is 54.7 Å². The van der Waals surface area contributed by atoms with Gasteiger partial charge in [0.15, 0.2) is 0 Å². The van der Waals surface area contributed by atoms with Crippen molar-refractivity contribution in [1.82, 2.24) is 20.9 Å². The van der Waals surface area contributed by atoms with Gasteiger partial charge in [-0.25, -0.2) is 4.79 Å². The van der Waals surface area contributed by atoms with Crippen LogP contribution in [-0.4, -0.2) is 86.8 Å². The number of aromatic amines is 1. The fraction of sp³-hybridized carbons (Fsp3) is 0.357. The van der Waals surface area contributed by atoms with Crippen molar-refractivity contribution in [2.75, 3.05) is 18.6 Å². The fourth-order valence-corrected chi connectivity index (χ4v) is 4.69. The molecular formula is C28H35N5O7S. The standard InChI is InChI=1S/C28H35N5O7S/c1-41-11-10-22(26(37)32-23(28(39)40)12-16-6-8-18(35)9-7-16)31-27(38)24(15-34)33-25(36)20(29)13-17-14-30-21-5-3-2-4-19(17)21/h2-9,14,20,22-24,30,34-35H,10-13,15,29H2,1H3,(H,31,38)(H,32,37)(H,33,36)(H,39,40). The molecule has 0 radical (unpaired) electrons. The highest BCUT2D eigenvalue weighted by Crippen LogP contribution is 2.19. The number of aliphatic carboxylic acids is 1. The summed E-state index contributed by atoms with van der Waals surface area (Å²) in [5.74, 6) is -2.97. The Morgan fingerprint density at radius 1 is 0.902 bits per heavy atom. The van der Waals surface area contributed by atoms with Crippen molar-refractivity contribution in [1.29, 1.82) is 0 Å². The Hall–Kier alpha value is -4.07. The number of aromatic hydroxyl groups is 1. The summed E-state index contributed by atoms with van der Waals surface area (Å²) >= 11 is 1.43. The van der Waals surface area contributed by atoms with Crippen LogP contribution in [0, 0.1) is 0 Å². The number of aromatic nitrogens is 1. The van der Waals surface area contributed by atoms with E-state index in [9.17, 15) is 34.5 Å². The summed E-state index contributed by atoms with van der Waals surface area (Å²) in [6.07, 6.45) is 3.89. The first-order chi connectivity index (χ1) is 19.6. The summed E-state index contributed by atoms with van der Waals surface area (Å²) in [4.78, 5) is 53.8. The molecular weight excluding hydrogens is 550 g/mol. The molecule has 0 spiro atoms. The number of nitrogens with one attached hydrogen (secondary N) is 4. The maximum absolute atomic E-state index is 13.1. The zero-order valence-electron chi connectivity index (χ0n) is 22.5. The third kappa shape index (κ3) is 8.96. The fourth-order valence-electron chi connectivity index (χ4n) is 4.22. The van der Waals surface area contributed by atoms with Gasteiger partial charge in [0.2, 0.25) is 17.7 Å². The number of phenolic OH excluding ortho intramolecular Hbond substituents is 1. The van der Waals surface area contributed by atoms with Gasteiger partial charge >= 0.3 is 5.97 Å². The van der Waals surface area contributed by atoms with E-state index in [0.717, 1.165) is 16.5 Å². The highest BCUT2D eigenvalue weighted by molar-refractivity contribution is 7.98. The molecule has 3 rings (SSSR count). The van der Waals surface area contributed by atoms with Crippen molar-refractivity contribution in [3.05, 3.63) is 65.9 Å². The molecule has 1 aromatic heterocycles. The van der Waals surface area contributed by atoms with Crippen molar-refractivity contribution in [2.24, 2.45) is 5.73 Å². The first-order valence-electron chi connectivity index (χ1n) is 12.9. The number of carboxylic acids is 1. The van der Waals surface area contributed by atoms with Gasteiger partial charge in [0.25, 0.3) is 0 Å². The second-order valence-corrected chi connectivity index (χ2v) is 10.5. The number of benzene rings is 2. The predicted molar refractivity (Wildman–Crippen MR) is 155 cm³/mol. The molecule has 1 heterocycles. The molecule has 0 aliphatic carbocycles. The summed E-state index contributed by atoms with van der Waals surface area (Å²) in [5.41, 5.74) is 8.39.